The molecule has 1 aromatic carbocycles. The number of anilines is 1. The number of hydrogen-bond acceptors (Lipinski definition) is 5. The second-order valence-electron chi connectivity index (χ2n) is 6.06. The molecule has 0 unspecified atom stereocenters. The topological polar surface area (TPSA) is 78.3 Å². The van der Waals surface area contributed by atoms with Gasteiger partial charge in [0.25, 0.3) is 0 Å². The molecule has 0 radical (unpaired) electrons. The van der Waals surface area contributed by atoms with E-state index in [0.717, 1.165) is 48.1 Å². The Morgan fingerprint density at radius 1 is 1.36 bits per heavy atom. The van der Waals surface area contributed by atoms with Crippen LogP contribution in [0, 0.1) is 6.92 Å². The number of nitrogens with one attached hydrogen (secondary N) is 1. The normalized spacial score (nSPS) is 11.2. The highest BCUT2D eigenvalue weighted by atomic mass is 16.4. The van der Waals surface area contributed by atoms with E-state index < -0.39 is 5.97 Å². The van der Waals surface area contributed by atoms with E-state index in [1.54, 1.807) is 12.3 Å². The Bertz CT molecular complexity index is 757. The molecule has 1 heterocycles. The molecule has 132 valence electrons. The maximum atomic E-state index is 10.7. The van der Waals surface area contributed by atoms with Crippen LogP contribution in [0.25, 0.3) is 17.2 Å². The highest BCUT2D eigenvalue weighted by molar-refractivity contribution is 5.86. The van der Waals surface area contributed by atoms with Crippen molar-refractivity contribution in [3.8, 4) is 11.1 Å². The summed E-state index contributed by atoms with van der Waals surface area (Å²) in [5.41, 5.74) is 2.67. The molecular formula is C19H24N4O2. The van der Waals surface area contributed by atoms with Gasteiger partial charge in [-0.25, -0.2) is 14.8 Å². The SMILES string of the molecule is Cc1ncc(-c2cccc(/C=C/C(=O)O)c2)c(NCCCN(C)C)n1. The van der Waals surface area contributed by atoms with Gasteiger partial charge in [-0.15, -0.1) is 0 Å². The lowest BCUT2D eigenvalue weighted by molar-refractivity contribution is -0.131. The summed E-state index contributed by atoms with van der Waals surface area (Å²) in [7, 11) is 4.10. The lowest BCUT2D eigenvalue weighted by atomic mass is 10.0. The van der Waals surface area contributed by atoms with Crippen LogP contribution in [-0.4, -0.2) is 53.1 Å². The van der Waals surface area contributed by atoms with Gasteiger partial charge in [0, 0.05) is 24.4 Å². The third kappa shape index (κ3) is 6.00. The van der Waals surface area contributed by atoms with E-state index >= 15 is 0 Å². The van der Waals surface area contributed by atoms with Gasteiger partial charge in [0.2, 0.25) is 0 Å². The van der Waals surface area contributed by atoms with E-state index in [1.165, 1.54) is 0 Å². The summed E-state index contributed by atoms with van der Waals surface area (Å²) in [6, 6.07) is 7.66. The predicted molar refractivity (Wildman–Crippen MR) is 101 cm³/mol. The van der Waals surface area contributed by atoms with Gasteiger partial charge in [-0.2, -0.15) is 0 Å². The number of aryl methyl sites for hydroxylation is 1. The molecule has 0 saturated carbocycles. The molecule has 1 aromatic heterocycles. The minimum Gasteiger partial charge on any atom is -0.478 e. The van der Waals surface area contributed by atoms with Crippen molar-refractivity contribution in [1.82, 2.24) is 14.9 Å². The first-order valence-corrected chi connectivity index (χ1v) is 8.19. The number of aromatic nitrogens is 2. The molecule has 0 bridgehead atoms. The third-order valence-corrected chi connectivity index (χ3v) is 3.60. The Balaban J connectivity index is 2.23. The van der Waals surface area contributed by atoms with Crippen molar-refractivity contribution < 1.29 is 9.90 Å². The second kappa shape index (κ2) is 8.94. The zero-order valence-electron chi connectivity index (χ0n) is 14.9. The van der Waals surface area contributed by atoms with Crippen LogP contribution in [0.15, 0.2) is 36.5 Å². The predicted octanol–water partition coefficient (Wildman–Crippen LogP) is 2.91. The zero-order valence-corrected chi connectivity index (χ0v) is 14.9. The molecule has 0 saturated heterocycles. The first-order valence-electron chi connectivity index (χ1n) is 8.19. The van der Waals surface area contributed by atoms with Crippen LogP contribution in [0.1, 0.15) is 17.8 Å². The minimum absolute atomic E-state index is 0.709. The number of nitrogens with zero attached hydrogens (tertiary/aromatic N) is 3. The van der Waals surface area contributed by atoms with E-state index in [2.05, 4.69) is 34.3 Å². The lowest BCUT2D eigenvalue weighted by Crippen LogP contribution is -2.17. The highest BCUT2D eigenvalue weighted by Gasteiger charge is 2.08. The average molecular weight is 340 g/mol. The molecule has 0 aliphatic rings. The van der Waals surface area contributed by atoms with Crippen LogP contribution in [0.5, 0.6) is 0 Å². The standard InChI is InChI=1S/C19H24N4O2/c1-14-21-13-17(19(22-14)20-10-5-11-23(2)3)16-7-4-6-15(12-16)8-9-18(24)25/h4,6-9,12-13H,5,10-11H2,1-3H3,(H,24,25)(H,20,21,22)/b9-8+. The molecule has 0 fully saturated rings. The second-order valence-corrected chi connectivity index (χ2v) is 6.06. The minimum atomic E-state index is -0.965. The molecule has 0 aliphatic carbocycles. The average Bonchev–Trinajstić information content (AvgIpc) is 2.57. The fourth-order valence-corrected chi connectivity index (χ4v) is 2.40. The van der Waals surface area contributed by atoms with Crippen molar-refractivity contribution in [1.29, 1.82) is 0 Å². The molecule has 0 amide bonds. The summed E-state index contributed by atoms with van der Waals surface area (Å²) >= 11 is 0. The summed E-state index contributed by atoms with van der Waals surface area (Å²) < 4.78 is 0. The lowest BCUT2D eigenvalue weighted by Gasteiger charge is -2.13. The Kier molecular flexibility index (Phi) is 6.65. The maximum Gasteiger partial charge on any atom is 0.328 e. The fraction of sp³-hybridized carbons (Fsp3) is 0.316. The number of aliphatic carboxylic acids is 1. The van der Waals surface area contributed by atoms with Crippen LogP contribution in [0.4, 0.5) is 5.82 Å². The van der Waals surface area contributed by atoms with Crippen LogP contribution < -0.4 is 5.32 Å². The molecule has 2 rings (SSSR count). The van der Waals surface area contributed by atoms with Gasteiger partial charge in [0.15, 0.2) is 0 Å². The number of hydrogen-bond donors (Lipinski definition) is 2. The molecule has 0 atom stereocenters. The summed E-state index contributed by atoms with van der Waals surface area (Å²) in [5, 5.41) is 12.2. The van der Waals surface area contributed by atoms with Crippen molar-refractivity contribution in [2.45, 2.75) is 13.3 Å². The van der Waals surface area contributed by atoms with E-state index in [-0.39, 0.29) is 0 Å². The monoisotopic (exact) mass is 340 g/mol. The molecule has 2 N–H and O–H groups in total. The maximum absolute atomic E-state index is 10.7. The van der Waals surface area contributed by atoms with E-state index in [1.807, 2.05) is 31.2 Å². The Morgan fingerprint density at radius 3 is 2.88 bits per heavy atom. The van der Waals surface area contributed by atoms with Gasteiger partial charge in [0.1, 0.15) is 11.6 Å². The quantitative estimate of drug-likeness (QED) is 0.568. The van der Waals surface area contributed by atoms with Gasteiger partial charge in [0.05, 0.1) is 0 Å². The molecule has 6 heteroatoms. The van der Waals surface area contributed by atoms with Crippen LogP contribution in [-0.2, 0) is 4.79 Å². The molecule has 0 spiro atoms. The summed E-state index contributed by atoms with van der Waals surface area (Å²) in [5.74, 6) is 0.540. The van der Waals surface area contributed by atoms with Crippen LogP contribution >= 0.6 is 0 Å². The summed E-state index contributed by atoms with van der Waals surface area (Å²) in [6.07, 6.45) is 5.52. The largest absolute Gasteiger partial charge is 0.478 e. The summed E-state index contributed by atoms with van der Waals surface area (Å²) in [4.78, 5) is 21.7. The van der Waals surface area contributed by atoms with Gasteiger partial charge >= 0.3 is 5.97 Å². The molecule has 2 aromatic rings. The number of carbonyl (C=O) groups is 1. The van der Waals surface area contributed by atoms with Crippen molar-refractivity contribution in [2.75, 3.05) is 32.5 Å². The van der Waals surface area contributed by atoms with Crippen molar-refractivity contribution in [2.24, 2.45) is 0 Å². The van der Waals surface area contributed by atoms with Gasteiger partial charge in [-0.1, -0.05) is 18.2 Å². The van der Waals surface area contributed by atoms with E-state index in [0.29, 0.717) is 5.82 Å². The van der Waals surface area contributed by atoms with Crippen molar-refractivity contribution in [3.05, 3.63) is 47.9 Å². The number of benzene rings is 1. The first kappa shape index (κ1) is 18.6. The zero-order chi connectivity index (χ0) is 18.2. The van der Waals surface area contributed by atoms with E-state index in [4.69, 9.17) is 5.11 Å². The molecule has 6 nitrogen and oxygen atoms in total. The number of carboxylic acids is 1. The summed E-state index contributed by atoms with van der Waals surface area (Å²) in [6.45, 7) is 3.68. The highest BCUT2D eigenvalue weighted by Crippen LogP contribution is 2.27. The van der Waals surface area contributed by atoms with Crippen LogP contribution in [0.2, 0.25) is 0 Å². The van der Waals surface area contributed by atoms with Crippen molar-refractivity contribution in [3.63, 3.8) is 0 Å². The third-order valence-electron chi connectivity index (χ3n) is 3.60. The smallest absolute Gasteiger partial charge is 0.328 e. The van der Waals surface area contributed by atoms with Crippen molar-refractivity contribution >= 4 is 17.9 Å². The first-order chi connectivity index (χ1) is 12.0. The van der Waals surface area contributed by atoms with E-state index in [9.17, 15) is 4.79 Å². The number of rotatable bonds is 8. The Morgan fingerprint density at radius 2 is 2.16 bits per heavy atom. The molecule has 0 aliphatic heterocycles. The van der Waals surface area contributed by atoms with Gasteiger partial charge in [-0.3, -0.25) is 0 Å². The molecular weight excluding hydrogens is 316 g/mol. The molecule has 25 heavy (non-hydrogen) atoms. The Hall–Kier alpha value is -2.73. The fourth-order valence-electron chi connectivity index (χ4n) is 2.40. The van der Waals surface area contributed by atoms with Gasteiger partial charge in [-0.05, 0) is 57.3 Å². The number of carboxylic acid groups (broad SMARTS) is 1. The van der Waals surface area contributed by atoms with Crippen LogP contribution in [0.3, 0.4) is 0 Å². The van der Waals surface area contributed by atoms with Gasteiger partial charge < -0.3 is 15.3 Å². The Labute approximate surface area is 148 Å².